The standard InChI is InChI=1S/C29H31N3O3/c1-19-9-8-14-25(30-19)31-28(33)26-23-12-6-7-13-24(23)29(34)32(21-10-4-3-5-11-21)27(26)20-15-17-22(35-2)18-16-20/h6-9,12-18,21,26-27H,3-5,10-11H2,1-2H3,(H,30,31,33)/t26-,27-/m0/s1. The molecule has 5 rings (SSSR count). The quantitative estimate of drug-likeness (QED) is 0.524. The first-order valence-electron chi connectivity index (χ1n) is 12.4. The minimum atomic E-state index is -0.568. The van der Waals surface area contributed by atoms with Gasteiger partial charge in [-0.1, -0.05) is 55.7 Å². The van der Waals surface area contributed by atoms with Gasteiger partial charge in [0, 0.05) is 17.3 Å². The third-order valence-electron chi connectivity index (χ3n) is 7.22. The Balaban J connectivity index is 1.63. The van der Waals surface area contributed by atoms with E-state index in [0.29, 0.717) is 11.4 Å². The van der Waals surface area contributed by atoms with E-state index in [1.165, 1.54) is 6.42 Å². The van der Waals surface area contributed by atoms with Gasteiger partial charge in [0.05, 0.1) is 19.1 Å². The van der Waals surface area contributed by atoms with Crippen LogP contribution < -0.4 is 10.1 Å². The molecule has 35 heavy (non-hydrogen) atoms. The molecule has 1 saturated carbocycles. The number of carbonyl (C=O) groups excluding carboxylic acids is 2. The summed E-state index contributed by atoms with van der Waals surface area (Å²) in [6.45, 7) is 1.90. The number of hydrogen-bond donors (Lipinski definition) is 1. The summed E-state index contributed by atoms with van der Waals surface area (Å²) in [7, 11) is 1.63. The van der Waals surface area contributed by atoms with Gasteiger partial charge >= 0.3 is 0 Å². The van der Waals surface area contributed by atoms with Crippen LogP contribution in [0.3, 0.4) is 0 Å². The van der Waals surface area contributed by atoms with E-state index in [1.54, 1.807) is 13.2 Å². The predicted molar refractivity (Wildman–Crippen MR) is 136 cm³/mol. The maximum absolute atomic E-state index is 14.0. The molecular formula is C29H31N3O3. The van der Waals surface area contributed by atoms with E-state index in [4.69, 9.17) is 4.74 Å². The molecule has 1 aliphatic heterocycles. The van der Waals surface area contributed by atoms with Crippen LogP contribution >= 0.6 is 0 Å². The Bertz CT molecular complexity index is 1220. The maximum Gasteiger partial charge on any atom is 0.254 e. The van der Waals surface area contributed by atoms with E-state index in [-0.39, 0.29) is 17.9 Å². The van der Waals surface area contributed by atoms with E-state index in [9.17, 15) is 9.59 Å². The van der Waals surface area contributed by atoms with E-state index in [2.05, 4.69) is 10.3 Å². The lowest BCUT2D eigenvalue weighted by molar-refractivity contribution is -0.119. The van der Waals surface area contributed by atoms with Crippen LogP contribution in [0.1, 0.15) is 71.2 Å². The first kappa shape index (κ1) is 23.1. The highest BCUT2D eigenvalue weighted by Gasteiger charge is 2.46. The molecular weight excluding hydrogens is 438 g/mol. The number of rotatable bonds is 5. The molecule has 0 unspecified atom stereocenters. The molecule has 0 radical (unpaired) electrons. The monoisotopic (exact) mass is 469 g/mol. The minimum absolute atomic E-state index is 0.00560. The van der Waals surface area contributed by atoms with Gasteiger partial charge in [-0.15, -0.1) is 0 Å². The van der Waals surface area contributed by atoms with Gasteiger partial charge in [-0.2, -0.15) is 0 Å². The highest BCUT2D eigenvalue weighted by molar-refractivity contribution is 6.04. The summed E-state index contributed by atoms with van der Waals surface area (Å²) < 4.78 is 5.37. The highest BCUT2D eigenvalue weighted by atomic mass is 16.5. The Labute approximate surface area is 206 Å². The third kappa shape index (κ3) is 4.53. The lowest BCUT2D eigenvalue weighted by atomic mass is 9.77. The highest BCUT2D eigenvalue weighted by Crippen LogP contribution is 2.46. The van der Waals surface area contributed by atoms with Crippen molar-refractivity contribution >= 4 is 17.6 Å². The summed E-state index contributed by atoms with van der Waals surface area (Å²) in [5.74, 6) is 0.532. The Morgan fingerprint density at radius 1 is 0.971 bits per heavy atom. The number of amides is 2. The Morgan fingerprint density at radius 3 is 2.43 bits per heavy atom. The summed E-state index contributed by atoms with van der Waals surface area (Å²) in [5.41, 5.74) is 3.13. The van der Waals surface area contributed by atoms with Gasteiger partial charge in [0.1, 0.15) is 11.6 Å². The number of fused-ring (bicyclic) bond motifs is 1. The van der Waals surface area contributed by atoms with Crippen molar-refractivity contribution in [1.29, 1.82) is 0 Å². The summed E-state index contributed by atoms with van der Waals surface area (Å²) in [6.07, 6.45) is 5.28. The number of benzene rings is 2. The fourth-order valence-electron chi connectivity index (χ4n) is 5.57. The molecule has 0 spiro atoms. The van der Waals surface area contributed by atoms with Gasteiger partial charge in [-0.3, -0.25) is 9.59 Å². The fourth-order valence-corrected chi connectivity index (χ4v) is 5.57. The minimum Gasteiger partial charge on any atom is -0.497 e. The van der Waals surface area contributed by atoms with Gasteiger partial charge in [0.2, 0.25) is 5.91 Å². The van der Waals surface area contributed by atoms with Crippen molar-refractivity contribution in [3.8, 4) is 5.75 Å². The predicted octanol–water partition coefficient (Wildman–Crippen LogP) is 5.65. The molecule has 1 aliphatic carbocycles. The Morgan fingerprint density at radius 2 is 1.71 bits per heavy atom. The second-order valence-corrected chi connectivity index (χ2v) is 9.44. The normalized spacial score (nSPS) is 20.3. The molecule has 2 aliphatic rings. The summed E-state index contributed by atoms with van der Waals surface area (Å²) in [6, 6.07) is 20.6. The van der Waals surface area contributed by atoms with Gasteiger partial charge in [0.15, 0.2) is 0 Å². The van der Waals surface area contributed by atoms with Crippen LogP contribution in [-0.4, -0.2) is 34.8 Å². The van der Waals surface area contributed by atoms with E-state index in [1.807, 2.05) is 72.5 Å². The molecule has 2 heterocycles. The number of nitrogens with zero attached hydrogens (tertiary/aromatic N) is 2. The Kier molecular flexibility index (Phi) is 6.53. The molecule has 0 bridgehead atoms. The lowest BCUT2D eigenvalue weighted by Gasteiger charge is -2.46. The van der Waals surface area contributed by atoms with Gasteiger partial charge < -0.3 is 15.0 Å². The molecule has 180 valence electrons. The van der Waals surface area contributed by atoms with Gasteiger partial charge in [0.25, 0.3) is 5.91 Å². The van der Waals surface area contributed by atoms with Crippen LogP contribution in [0.5, 0.6) is 5.75 Å². The van der Waals surface area contributed by atoms with Crippen molar-refractivity contribution in [1.82, 2.24) is 9.88 Å². The number of aryl methyl sites for hydroxylation is 1. The van der Waals surface area contributed by atoms with E-state index < -0.39 is 12.0 Å². The van der Waals surface area contributed by atoms with Crippen LogP contribution in [0.4, 0.5) is 5.82 Å². The molecule has 1 aromatic heterocycles. The molecule has 0 saturated heterocycles. The van der Waals surface area contributed by atoms with E-state index in [0.717, 1.165) is 48.3 Å². The van der Waals surface area contributed by atoms with Crippen molar-refractivity contribution in [3.63, 3.8) is 0 Å². The average Bonchev–Trinajstić information content (AvgIpc) is 2.89. The Hall–Kier alpha value is -3.67. The SMILES string of the molecule is COc1ccc([C@H]2[C@@H](C(=O)Nc3cccc(C)n3)c3ccccc3C(=O)N2C2CCCCC2)cc1. The van der Waals surface area contributed by atoms with Gasteiger partial charge in [-0.25, -0.2) is 4.98 Å². The zero-order valence-corrected chi connectivity index (χ0v) is 20.2. The number of carbonyl (C=O) groups is 2. The number of methoxy groups -OCH3 is 1. The smallest absolute Gasteiger partial charge is 0.254 e. The van der Waals surface area contributed by atoms with Crippen LogP contribution in [0.25, 0.3) is 0 Å². The average molecular weight is 470 g/mol. The van der Waals surface area contributed by atoms with Gasteiger partial charge in [-0.05, 0) is 61.2 Å². The fraction of sp³-hybridized carbons (Fsp3) is 0.345. The van der Waals surface area contributed by atoms with Crippen molar-refractivity contribution in [2.24, 2.45) is 0 Å². The first-order chi connectivity index (χ1) is 17.1. The van der Waals surface area contributed by atoms with Crippen LogP contribution in [-0.2, 0) is 4.79 Å². The molecule has 1 fully saturated rings. The second-order valence-electron chi connectivity index (χ2n) is 9.44. The molecule has 3 aromatic rings. The van der Waals surface area contributed by atoms with Crippen molar-refractivity contribution < 1.29 is 14.3 Å². The number of hydrogen-bond acceptors (Lipinski definition) is 4. The largest absolute Gasteiger partial charge is 0.497 e. The molecule has 2 atom stereocenters. The van der Waals surface area contributed by atoms with Crippen molar-refractivity contribution in [2.45, 2.75) is 57.0 Å². The topological polar surface area (TPSA) is 71.5 Å². The number of nitrogens with one attached hydrogen (secondary N) is 1. The number of pyridine rings is 1. The maximum atomic E-state index is 14.0. The molecule has 2 aromatic carbocycles. The van der Waals surface area contributed by atoms with Crippen LogP contribution in [0.2, 0.25) is 0 Å². The number of aromatic nitrogens is 1. The first-order valence-corrected chi connectivity index (χ1v) is 12.4. The van der Waals surface area contributed by atoms with Crippen molar-refractivity contribution in [3.05, 3.63) is 89.1 Å². The summed E-state index contributed by atoms with van der Waals surface area (Å²) in [4.78, 5) is 34.4. The third-order valence-corrected chi connectivity index (χ3v) is 7.22. The van der Waals surface area contributed by atoms with Crippen molar-refractivity contribution in [2.75, 3.05) is 12.4 Å². The number of anilines is 1. The van der Waals surface area contributed by atoms with Crippen LogP contribution in [0, 0.1) is 6.92 Å². The molecule has 1 N–H and O–H groups in total. The lowest BCUT2D eigenvalue weighted by Crippen LogP contribution is -2.51. The zero-order valence-electron chi connectivity index (χ0n) is 20.2. The number of ether oxygens (including phenoxy) is 1. The second kappa shape index (κ2) is 9.90. The molecule has 6 heteroatoms. The summed E-state index contributed by atoms with van der Waals surface area (Å²) in [5, 5.41) is 3.04. The summed E-state index contributed by atoms with van der Waals surface area (Å²) >= 11 is 0. The zero-order chi connectivity index (χ0) is 24.4. The molecule has 6 nitrogen and oxygen atoms in total. The van der Waals surface area contributed by atoms with E-state index >= 15 is 0 Å². The van der Waals surface area contributed by atoms with Crippen LogP contribution in [0.15, 0.2) is 66.7 Å². The molecule has 2 amide bonds.